The summed E-state index contributed by atoms with van der Waals surface area (Å²) in [6.07, 6.45) is 1.65. The standard InChI is InChI=1S/C15H17N5O3S/c1-23-7-5-11-8-13(24-10-11)4-6-17-14-3-2-12(18-19-16)9-15(14)20(21)22/h2-3,8-10,17H,4-7H2,1H3. The Labute approximate surface area is 142 Å². The number of nitro benzene ring substituents is 1. The number of anilines is 1. The fraction of sp³-hybridized carbons (Fsp3) is 0.333. The summed E-state index contributed by atoms with van der Waals surface area (Å²) < 4.78 is 5.06. The van der Waals surface area contributed by atoms with Gasteiger partial charge in [-0.25, -0.2) is 0 Å². The first-order valence-electron chi connectivity index (χ1n) is 7.26. The average molecular weight is 347 g/mol. The van der Waals surface area contributed by atoms with E-state index >= 15 is 0 Å². The van der Waals surface area contributed by atoms with Gasteiger partial charge in [-0.2, -0.15) is 0 Å². The Morgan fingerprint density at radius 3 is 2.96 bits per heavy atom. The van der Waals surface area contributed by atoms with Crippen LogP contribution < -0.4 is 5.32 Å². The first-order chi connectivity index (χ1) is 11.6. The van der Waals surface area contributed by atoms with Crippen molar-refractivity contribution in [3.63, 3.8) is 0 Å². The second kappa shape index (κ2) is 8.88. The van der Waals surface area contributed by atoms with Crippen molar-refractivity contribution >= 4 is 28.4 Å². The first-order valence-corrected chi connectivity index (χ1v) is 8.14. The maximum absolute atomic E-state index is 11.1. The van der Waals surface area contributed by atoms with E-state index < -0.39 is 4.92 Å². The highest BCUT2D eigenvalue weighted by atomic mass is 32.1. The van der Waals surface area contributed by atoms with Gasteiger partial charge in [0, 0.05) is 35.2 Å². The molecule has 0 amide bonds. The van der Waals surface area contributed by atoms with Crippen LogP contribution in [-0.4, -0.2) is 25.2 Å². The second-order valence-electron chi connectivity index (χ2n) is 4.99. The minimum Gasteiger partial charge on any atom is -0.384 e. The SMILES string of the molecule is COCCc1csc(CCNc2ccc(N=[N+]=[N-])cc2[N+](=O)[O-])c1. The lowest BCUT2D eigenvalue weighted by molar-refractivity contribution is -0.383. The zero-order valence-electron chi connectivity index (χ0n) is 13.1. The molecule has 0 unspecified atom stereocenters. The summed E-state index contributed by atoms with van der Waals surface area (Å²) in [7, 11) is 1.68. The van der Waals surface area contributed by atoms with Gasteiger partial charge in [-0.15, -0.1) is 11.3 Å². The van der Waals surface area contributed by atoms with Crippen molar-refractivity contribution in [3.8, 4) is 0 Å². The number of nitrogens with one attached hydrogen (secondary N) is 1. The van der Waals surface area contributed by atoms with Crippen LogP contribution in [0.4, 0.5) is 17.1 Å². The van der Waals surface area contributed by atoms with Gasteiger partial charge in [0.2, 0.25) is 0 Å². The lowest BCUT2D eigenvalue weighted by Gasteiger charge is -2.06. The number of ether oxygens (including phenoxy) is 1. The number of thiophene rings is 1. The van der Waals surface area contributed by atoms with Gasteiger partial charge < -0.3 is 10.1 Å². The van der Waals surface area contributed by atoms with E-state index in [0.717, 1.165) is 12.8 Å². The minimum absolute atomic E-state index is 0.105. The zero-order valence-corrected chi connectivity index (χ0v) is 14.0. The number of benzene rings is 1. The minimum atomic E-state index is -0.493. The second-order valence-corrected chi connectivity index (χ2v) is 5.98. The molecule has 24 heavy (non-hydrogen) atoms. The molecular formula is C15H17N5O3S. The topological polar surface area (TPSA) is 113 Å². The highest BCUT2D eigenvalue weighted by Gasteiger charge is 2.14. The van der Waals surface area contributed by atoms with Gasteiger partial charge in [0.1, 0.15) is 5.69 Å². The van der Waals surface area contributed by atoms with Gasteiger partial charge in [-0.3, -0.25) is 10.1 Å². The van der Waals surface area contributed by atoms with Crippen LogP contribution in [0.25, 0.3) is 10.4 Å². The molecule has 0 radical (unpaired) electrons. The molecule has 0 aliphatic rings. The monoisotopic (exact) mass is 347 g/mol. The Bertz CT molecular complexity index is 755. The lowest BCUT2D eigenvalue weighted by atomic mass is 10.2. The summed E-state index contributed by atoms with van der Waals surface area (Å²) in [5.74, 6) is 0. The predicted molar refractivity (Wildman–Crippen MR) is 94.0 cm³/mol. The summed E-state index contributed by atoms with van der Waals surface area (Å²) >= 11 is 1.67. The Hall–Kier alpha value is -2.61. The molecule has 0 bridgehead atoms. The van der Waals surface area contributed by atoms with E-state index in [4.69, 9.17) is 10.3 Å². The maximum Gasteiger partial charge on any atom is 0.292 e. The fourth-order valence-corrected chi connectivity index (χ4v) is 3.09. The molecule has 0 aliphatic heterocycles. The molecule has 2 rings (SSSR count). The van der Waals surface area contributed by atoms with Gasteiger partial charge in [-0.05, 0) is 41.4 Å². The molecule has 0 saturated heterocycles. The largest absolute Gasteiger partial charge is 0.384 e. The maximum atomic E-state index is 11.1. The molecule has 2 aromatic rings. The summed E-state index contributed by atoms with van der Waals surface area (Å²) in [5, 5.41) is 19.7. The molecule has 1 aromatic heterocycles. The summed E-state index contributed by atoms with van der Waals surface area (Å²) in [6.45, 7) is 1.27. The van der Waals surface area contributed by atoms with Crippen LogP contribution in [0.1, 0.15) is 10.4 Å². The van der Waals surface area contributed by atoms with Crippen molar-refractivity contribution in [3.05, 3.63) is 60.6 Å². The van der Waals surface area contributed by atoms with E-state index in [1.807, 2.05) is 0 Å². The van der Waals surface area contributed by atoms with Crippen LogP contribution >= 0.6 is 11.3 Å². The van der Waals surface area contributed by atoms with Crippen LogP contribution in [0.5, 0.6) is 0 Å². The number of hydrogen-bond acceptors (Lipinski definition) is 6. The summed E-state index contributed by atoms with van der Waals surface area (Å²) in [5.41, 5.74) is 10.2. The van der Waals surface area contributed by atoms with Crippen LogP contribution in [0.15, 0.2) is 34.8 Å². The Kier molecular flexibility index (Phi) is 6.56. The van der Waals surface area contributed by atoms with Crippen LogP contribution in [0.3, 0.4) is 0 Å². The number of methoxy groups -OCH3 is 1. The highest BCUT2D eigenvalue weighted by molar-refractivity contribution is 7.10. The van der Waals surface area contributed by atoms with Gasteiger partial charge in [-0.1, -0.05) is 11.2 Å². The molecule has 0 saturated carbocycles. The Morgan fingerprint density at radius 2 is 2.25 bits per heavy atom. The fourth-order valence-electron chi connectivity index (χ4n) is 2.16. The average Bonchev–Trinajstić information content (AvgIpc) is 3.02. The van der Waals surface area contributed by atoms with E-state index in [1.54, 1.807) is 30.6 Å². The quantitative estimate of drug-likeness (QED) is 0.237. The zero-order chi connectivity index (χ0) is 17.4. The molecule has 1 heterocycles. The molecule has 1 aromatic carbocycles. The van der Waals surface area contributed by atoms with Crippen molar-refractivity contribution in [2.24, 2.45) is 5.11 Å². The number of hydrogen-bond donors (Lipinski definition) is 1. The number of azide groups is 1. The van der Waals surface area contributed by atoms with Crippen molar-refractivity contribution < 1.29 is 9.66 Å². The molecule has 1 N–H and O–H groups in total. The van der Waals surface area contributed by atoms with E-state index in [-0.39, 0.29) is 11.4 Å². The van der Waals surface area contributed by atoms with Crippen molar-refractivity contribution in [1.82, 2.24) is 0 Å². The third-order valence-corrected chi connectivity index (χ3v) is 4.37. The van der Waals surface area contributed by atoms with Gasteiger partial charge >= 0.3 is 0 Å². The van der Waals surface area contributed by atoms with Gasteiger partial charge in [0.05, 0.1) is 11.5 Å². The van der Waals surface area contributed by atoms with Crippen LogP contribution in [0, 0.1) is 10.1 Å². The van der Waals surface area contributed by atoms with Crippen molar-refractivity contribution in [2.75, 3.05) is 25.6 Å². The molecule has 0 aliphatic carbocycles. The van der Waals surface area contributed by atoms with E-state index in [2.05, 4.69) is 26.8 Å². The molecule has 0 spiro atoms. The molecule has 9 heteroatoms. The highest BCUT2D eigenvalue weighted by Crippen LogP contribution is 2.29. The lowest BCUT2D eigenvalue weighted by Crippen LogP contribution is -2.06. The van der Waals surface area contributed by atoms with Crippen molar-refractivity contribution in [1.29, 1.82) is 0 Å². The third-order valence-electron chi connectivity index (χ3n) is 3.33. The van der Waals surface area contributed by atoms with E-state index in [0.29, 0.717) is 18.8 Å². The number of rotatable bonds is 9. The van der Waals surface area contributed by atoms with E-state index in [9.17, 15) is 10.1 Å². The number of nitrogens with zero attached hydrogens (tertiary/aromatic N) is 4. The smallest absolute Gasteiger partial charge is 0.292 e. The van der Waals surface area contributed by atoms with Crippen LogP contribution in [0.2, 0.25) is 0 Å². The molecule has 126 valence electrons. The normalized spacial score (nSPS) is 10.2. The third kappa shape index (κ3) is 4.95. The summed E-state index contributed by atoms with van der Waals surface area (Å²) in [6, 6.07) is 6.49. The Balaban J connectivity index is 1.97. The molecule has 8 nitrogen and oxygen atoms in total. The van der Waals surface area contributed by atoms with Gasteiger partial charge in [0.25, 0.3) is 5.69 Å². The summed E-state index contributed by atoms with van der Waals surface area (Å²) in [4.78, 5) is 14.5. The van der Waals surface area contributed by atoms with Crippen LogP contribution in [-0.2, 0) is 17.6 Å². The molecule has 0 atom stereocenters. The van der Waals surface area contributed by atoms with Gasteiger partial charge in [0.15, 0.2) is 0 Å². The Morgan fingerprint density at radius 1 is 1.42 bits per heavy atom. The molecule has 0 fully saturated rings. The van der Waals surface area contributed by atoms with E-state index in [1.165, 1.54) is 16.5 Å². The molecular weight excluding hydrogens is 330 g/mol. The van der Waals surface area contributed by atoms with Crippen molar-refractivity contribution in [2.45, 2.75) is 12.8 Å². The first kappa shape index (κ1) is 17.7. The number of nitro groups is 1. The predicted octanol–water partition coefficient (Wildman–Crippen LogP) is 4.44.